The van der Waals surface area contributed by atoms with E-state index in [0.717, 1.165) is 11.3 Å². The van der Waals surface area contributed by atoms with Crippen LogP contribution in [0.25, 0.3) is 0 Å². The van der Waals surface area contributed by atoms with Crippen LogP contribution in [0.5, 0.6) is 0 Å². The predicted molar refractivity (Wildman–Crippen MR) is 113 cm³/mol. The lowest BCUT2D eigenvalue weighted by atomic mass is 10.2. The highest BCUT2D eigenvalue weighted by molar-refractivity contribution is 7.11. The lowest BCUT2D eigenvalue weighted by molar-refractivity contribution is -0.141. The van der Waals surface area contributed by atoms with Crippen LogP contribution in [-0.2, 0) is 22.2 Å². The predicted octanol–water partition coefficient (Wildman–Crippen LogP) is 4.38. The first-order valence-corrected chi connectivity index (χ1v) is 10.3. The van der Waals surface area contributed by atoms with E-state index in [2.05, 4.69) is 32.3 Å². The first-order valence-electron chi connectivity index (χ1n) is 9.12. The maximum Gasteiger partial charge on any atom is 0.434 e. The van der Waals surface area contributed by atoms with Crippen LogP contribution in [-0.4, -0.2) is 34.2 Å². The van der Waals surface area contributed by atoms with Gasteiger partial charge in [0.25, 0.3) is 0 Å². The molecule has 0 fully saturated rings. The van der Waals surface area contributed by atoms with Gasteiger partial charge in [-0.1, -0.05) is 22.7 Å². The SMILES string of the molecule is CC#Cc1cnc(C(CNC(=O)Cc2sc(C)nc2C(F)(F)F)=NOC(C)C)c(Cl)c1. The molecule has 2 rings (SSSR count). The molecule has 2 heterocycles. The Morgan fingerprint density at radius 2 is 2.13 bits per heavy atom. The van der Waals surface area contributed by atoms with Gasteiger partial charge in [0.15, 0.2) is 5.69 Å². The molecule has 0 unspecified atom stereocenters. The third-order valence-electron chi connectivity index (χ3n) is 3.60. The molecule has 0 bridgehead atoms. The molecule has 2 aromatic heterocycles. The summed E-state index contributed by atoms with van der Waals surface area (Å²) in [5.41, 5.74) is 0.0534. The Morgan fingerprint density at radius 1 is 1.42 bits per heavy atom. The second-order valence-electron chi connectivity index (χ2n) is 6.58. The minimum atomic E-state index is -4.63. The molecule has 11 heteroatoms. The van der Waals surface area contributed by atoms with Crippen molar-refractivity contribution in [3.05, 3.63) is 44.1 Å². The van der Waals surface area contributed by atoms with Crippen molar-refractivity contribution >= 4 is 34.6 Å². The Balaban J connectivity index is 2.19. The molecule has 6 nitrogen and oxygen atoms in total. The number of carbonyl (C=O) groups excluding carboxylic acids is 1. The van der Waals surface area contributed by atoms with Gasteiger partial charge in [-0.05, 0) is 33.8 Å². The summed E-state index contributed by atoms with van der Waals surface area (Å²) >= 11 is 7.11. The first kappa shape index (κ1) is 24.6. The fourth-order valence-corrected chi connectivity index (χ4v) is 3.62. The smallest absolute Gasteiger partial charge is 0.393 e. The number of nitrogens with zero attached hydrogens (tertiary/aromatic N) is 3. The van der Waals surface area contributed by atoms with Gasteiger partial charge in [-0.15, -0.1) is 17.3 Å². The first-order chi connectivity index (χ1) is 14.5. The van der Waals surface area contributed by atoms with Crippen molar-refractivity contribution in [1.29, 1.82) is 0 Å². The number of aryl methyl sites for hydroxylation is 1. The number of oxime groups is 1. The van der Waals surface area contributed by atoms with E-state index in [1.54, 1.807) is 26.8 Å². The van der Waals surface area contributed by atoms with Crippen molar-refractivity contribution in [2.75, 3.05) is 6.54 Å². The number of hydrogen-bond acceptors (Lipinski definition) is 6. The zero-order valence-electron chi connectivity index (χ0n) is 17.2. The standard InChI is InChI=1S/C20H20ClF3N4O2S/c1-5-6-13-7-14(21)18(26-9-13)15(28-30-11(2)3)10-25-17(29)8-16-19(20(22,23)24)27-12(4)31-16/h7,9,11H,8,10H2,1-4H3,(H,25,29). The summed E-state index contributed by atoms with van der Waals surface area (Å²) in [6.07, 6.45) is -3.84. The van der Waals surface area contributed by atoms with Crippen LogP contribution in [0.15, 0.2) is 17.4 Å². The van der Waals surface area contributed by atoms with Gasteiger partial charge < -0.3 is 10.2 Å². The van der Waals surface area contributed by atoms with E-state index in [4.69, 9.17) is 16.4 Å². The van der Waals surface area contributed by atoms with Gasteiger partial charge in [0, 0.05) is 16.6 Å². The Kier molecular flexibility index (Phi) is 8.42. The van der Waals surface area contributed by atoms with E-state index in [1.165, 1.54) is 13.1 Å². The molecule has 2 aromatic rings. The Hall–Kier alpha value is -2.64. The van der Waals surface area contributed by atoms with Gasteiger partial charge >= 0.3 is 6.18 Å². The van der Waals surface area contributed by atoms with Crippen LogP contribution in [0.2, 0.25) is 5.02 Å². The zero-order valence-corrected chi connectivity index (χ0v) is 18.8. The van der Waals surface area contributed by atoms with Crippen molar-refractivity contribution < 1.29 is 22.8 Å². The Bertz CT molecular complexity index is 1040. The van der Waals surface area contributed by atoms with E-state index in [0.29, 0.717) is 5.56 Å². The maximum absolute atomic E-state index is 13.1. The molecular weight excluding hydrogens is 453 g/mol. The second-order valence-corrected chi connectivity index (χ2v) is 8.27. The summed E-state index contributed by atoms with van der Waals surface area (Å²) in [7, 11) is 0. The van der Waals surface area contributed by atoms with Crippen LogP contribution in [0.4, 0.5) is 13.2 Å². The maximum atomic E-state index is 13.1. The summed E-state index contributed by atoms with van der Waals surface area (Å²) in [6, 6.07) is 1.60. The molecule has 0 aliphatic heterocycles. The van der Waals surface area contributed by atoms with Gasteiger partial charge in [0.05, 0.1) is 23.0 Å². The molecule has 0 radical (unpaired) electrons. The van der Waals surface area contributed by atoms with Gasteiger partial charge in [-0.3, -0.25) is 9.78 Å². The lowest BCUT2D eigenvalue weighted by Crippen LogP contribution is -2.32. The minimum absolute atomic E-state index is 0.143. The van der Waals surface area contributed by atoms with Gasteiger partial charge in [-0.25, -0.2) is 4.98 Å². The van der Waals surface area contributed by atoms with Gasteiger partial charge in [0.1, 0.15) is 17.5 Å². The largest absolute Gasteiger partial charge is 0.434 e. The molecule has 31 heavy (non-hydrogen) atoms. The van der Waals surface area contributed by atoms with E-state index in [1.807, 2.05) is 0 Å². The van der Waals surface area contributed by atoms with Crippen LogP contribution in [0.1, 0.15) is 47.6 Å². The van der Waals surface area contributed by atoms with Crippen LogP contribution < -0.4 is 5.32 Å². The third-order valence-corrected chi connectivity index (χ3v) is 4.86. The second kappa shape index (κ2) is 10.6. The fourth-order valence-electron chi connectivity index (χ4n) is 2.39. The number of pyridine rings is 1. The van der Waals surface area contributed by atoms with Crippen molar-refractivity contribution in [2.45, 2.75) is 46.4 Å². The fraction of sp³-hybridized carbons (Fsp3) is 0.400. The van der Waals surface area contributed by atoms with E-state index in [-0.39, 0.29) is 39.0 Å². The molecule has 0 aromatic carbocycles. The van der Waals surface area contributed by atoms with Crippen LogP contribution in [0, 0.1) is 18.8 Å². The average Bonchev–Trinajstić information content (AvgIpc) is 3.03. The van der Waals surface area contributed by atoms with Crippen molar-refractivity contribution in [3.8, 4) is 11.8 Å². The number of amides is 1. The molecule has 0 saturated heterocycles. The molecule has 0 aliphatic rings. The monoisotopic (exact) mass is 472 g/mol. The number of hydrogen-bond donors (Lipinski definition) is 1. The highest BCUT2D eigenvalue weighted by Crippen LogP contribution is 2.34. The summed E-state index contributed by atoms with van der Waals surface area (Å²) in [4.78, 5) is 25.2. The highest BCUT2D eigenvalue weighted by atomic mass is 35.5. The van der Waals surface area contributed by atoms with E-state index < -0.39 is 24.2 Å². The van der Waals surface area contributed by atoms with Crippen LogP contribution >= 0.6 is 22.9 Å². The van der Waals surface area contributed by atoms with E-state index in [9.17, 15) is 18.0 Å². The normalized spacial score (nSPS) is 11.8. The number of aromatic nitrogens is 2. The summed E-state index contributed by atoms with van der Waals surface area (Å²) in [6.45, 7) is 6.51. The number of nitrogens with one attached hydrogen (secondary N) is 1. The van der Waals surface area contributed by atoms with Crippen LogP contribution in [0.3, 0.4) is 0 Å². The van der Waals surface area contributed by atoms with Crippen molar-refractivity contribution in [2.24, 2.45) is 5.16 Å². The summed E-state index contributed by atoms with van der Waals surface area (Å²) in [5, 5.41) is 7.02. The molecular formula is C20H20ClF3N4O2S. The molecule has 0 spiro atoms. The Labute approximate surface area is 186 Å². The highest BCUT2D eigenvalue weighted by Gasteiger charge is 2.37. The summed E-state index contributed by atoms with van der Waals surface area (Å²) in [5.74, 6) is 4.93. The molecule has 1 N–H and O–H groups in total. The van der Waals surface area contributed by atoms with E-state index >= 15 is 0 Å². The molecule has 0 aliphatic carbocycles. The third kappa shape index (κ3) is 7.22. The molecule has 0 atom stereocenters. The molecule has 1 amide bonds. The molecule has 0 saturated carbocycles. The van der Waals surface area contributed by atoms with Gasteiger partial charge in [0.2, 0.25) is 5.91 Å². The van der Waals surface area contributed by atoms with Crippen molar-refractivity contribution in [1.82, 2.24) is 15.3 Å². The summed E-state index contributed by atoms with van der Waals surface area (Å²) < 4.78 is 39.3. The molecule has 166 valence electrons. The number of thiazole rings is 1. The number of rotatable bonds is 7. The minimum Gasteiger partial charge on any atom is -0.393 e. The number of halogens is 4. The quantitative estimate of drug-likeness (QED) is 0.368. The Morgan fingerprint density at radius 3 is 2.71 bits per heavy atom. The number of alkyl halides is 3. The zero-order chi connectivity index (χ0) is 23.2. The average molecular weight is 473 g/mol. The number of carbonyl (C=O) groups is 1. The topological polar surface area (TPSA) is 76.5 Å². The van der Waals surface area contributed by atoms with Crippen molar-refractivity contribution in [3.63, 3.8) is 0 Å². The lowest BCUT2D eigenvalue weighted by Gasteiger charge is -2.11. The van der Waals surface area contributed by atoms with Gasteiger partial charge in [-0.2, -0.15) is 13.2 Å².